The molecule has 0 aliphatic heterocycles. The molecule has 3 aromatic rings. The van der Waals surface area contributed by atoms with Gasteiger partial charge in [0.1, 0.15) is 5.60 Å². The van der Waals surface area contributed by atoms with Crippen LogP contribution >= 0.6 is 0 Å². The van der Waals surface area contributed by atoms with E-state index < -0.39 is 11.0 Å². The van der Waals surface area contributed by atoms with E-state index in [1.54, 1.807) is 6.47 Å². The van der Waals surface area contributed by atoms with Crippen molar-refractivity contribution < 1.29 is 9.53 Å². The predicted octanol–water partition coefficient (Wildman–Crippen LogP) is 5.27. The molecule has 0 unspecified atom stereocenters. The first-order valence-corrected chi connectivity index (χ1v) is 8.80. The summed E-state index contributed by atoms with van der Waals surface area (Å²) in [5.74, 6) is 0. The smallest absolute Gasteiger partial charge is 0.418 e. The lowest BCUT2D eigenvalue weighted by Crippen LogP contribution is -2.39. The van der Waals surface area contributed by atoms with Gasteiger partial charge in [-0.25, -0.2) is 4.79 Å². The van der Waals surface area contributed by atoms with Crippen LogP contribution in [0.5, 0.6) is 0 Å². The molecule has 0 aromatic heterocycles. The standard InChI is InChI=1S/C24H23O2/c1-23(2,26-19-25)18-24(20-12-6-3-7-13-20,21-14-8-4-9-15-21)22-16-10-5-11-17-22/h3-17H,18H2,1-2H3. The van der Waals surface area contributed by atoms with Gasteiger partial charge >= 0.3 is 6.47 Å². The van der Waals surface area contributed by atoms with Crippen LogP contribution < -0.4 is 0 Å². The summed E-state index contributed by atoms with van der Waals surface area (Å²) in [5, 5.41) is 0. The van der Waals surface area contributed by atoms with Crippen molar-refractivity contribution >= 4 is 6.47 Å². The van der Waals surface area contributed by atoms with E-state index in [2.05, 4.69) is 72.8 Å². The van der Waals surface area contributed by atoms with Crippen LogP contribution in [0, 0.1) is 0 Å². The molecular formula is C24H23O2. The third-order valence-electron chi connectivity index (χ3n) is 4.81. The second-order valence-corrected chi connectivity index (χ2v) is 7.13. The molecule has 131 valence electrons. The van der Waals surface area contributed by atoms with Crippen molar-refractivity contribution in [2.75, 3.05) is 0 Å². The molecule has 0 spiro atoms. The van der Waals surface area contributed by atoms with Gasteiger partial charge in [0.25, 0.3) is 0 Å². The van der Waals surface area contributed by atoms with Crippen LogP contribution in [0.3, 0.4) is 0 Å². The molecule has 3 rings (SSSR count). The fourth-order valence-corrected chi connectivity index (χ4v) is 3.76. The zero-order valence-corrected chi connectivity index (χ0v) is 15.2. The minimum atomic E-state index is -0.677. The number of benzene rings is 3. The maximum absolute atomic E-state index is 11.0. The first kappa shape index (κ1) is 17.9. The van der Waals surface area contributed by atoms with E-state index in [4.69, 9.17) is 4.74 Å². The molecule has 0 saturated carbocycles. The molecule has 1 radical (unpaired) electrons. The van der Waals surface area contributed by atoms with Crippen LogP contribution in [0.4, 0.5) is 0 Å². The van der Waals surface area contributed by atoms with E-state index in [1.165, 1.54) is 16.7 Å². The quantitative estimate of drug-likeness (QED) is 0.546. The minimum absolute atomic E-state index is 0.440. The van der Waals surface area contributed by atoms with Crippen molar-refractivity contribution in [1.82, 2.24) is 0 Å². The molecule has 0 aliphatic carbocycles. The summed E-state index contributed by atoms with van der Waals surface area (Å²) in [7, 11) is 0. The Balaban J connectivity index is 2.30. The highest BCUT2D eigenvalue weighted by molar-refractivity contribution is 5.51. The zero-order chi connectivity index (χ0) is 18.5. The Morgan fingerprint density at radius 2 is 1.04 bits per heavy atom. The van der Waals surface area contributed by atoms with Crippen LogP contribution in [-0.2, 0) is 14.9 Å². The van der Waals surface area contributed by atoms with E-state index in [-0.39, 0.29) is 0 Å². The van der Waals surface area contributed by atoms with Crippen LogP contribution in [0.1, 0.15) is 37.0 Å². The molecule has 3 aromatic carbocycles. The number of rotatable bonds is 7. The van der Waals surface area contributed by atoms with Gasteiger partial charge in [-0.15, -0.1) is 0 Å². The van der Waals surface area contributed by atoms with Gasteiger partial charge in [0.15, 0.2) is 0 Å². The second-order valence-electron chi connectivity index (χ2n) is 7.13. The van der Waals surface area contributed by atoms with Gasteiger partial charge in [0, 0.05) is 11.8 Å². The Kier molecular flexibility index (Phi) is 5.22. The predicted molar refractivity (Wildman–Crippen MR) is 105 cm³/mol. The Bertz CT molecular complexity index is 727. The van der Waals surface area contributed by atoms with Crippen molar-refractivity contribution in [3.8, 4) is 0 Å². The molecule has 0 saturated heterocycles. The highest BCUT2D eigenvalue weighted by atomic mass is 16.5. The molecule has 0 N–H and O–H groups in total. The zero-order valence-electron chi connectivity index (χ0n) is 15.2. The summed E-state index contributed by atoms with van der Waals surface area (Å²) in [6, 6.07) is 31.2. The van der Waals surface area contributed by atoms with E-state index in [0.717, 1.165) is 0 Å². The maximum atomic E-state index is 11.0. The first-order chi connectivity index (χ1) is 12.6. The van der Waals surface area contributed by atoms with Crippen molar-refractivity contribution in [2.45, 2.75) is 31.3 Å². The van der Waals surface area contributed by atoms with Gasteiger partial charge in [0.05, 0.1) is 0 Å². The summed E-state index contributed by atoms with van der Waals surface area (Å²) in [6.45, 7) is 5.50. The summed E-state index contributed by atoms with van der Waals surface area (Å²) >= 11 is 0. The Morgan fingerprint density at radius 3 is 1.35 bits per heavy atom. The summed E-state index contributed by atoms with van der Waals surface area (Å²) in [6.07, 6.45) is 0.604. The fraction of sp³-hybridized carbons (Fsp3) is 0.208. The average Bonchev–Trinajstić information content (AvgIpc) is 2.68. The fourth-order valence-electron chi connectivity index (χ4n) is 3.76. The number of hydrogen-bond acceptors (Lipinski definition) is 2. The van der Waals surface area contributed by atoms with Gasteiger partial charge in [-0.3, -0.25) is 0 Å². The first-order valence-electron chi connectivity index (χ1n) is 8.80. The van der Waals surface area contributed by atoms with Crippen molar-refractivity contribution in [3.05, 3.63) is 108 Å². The number of carbonyl (C=O) groups excluding carboxylic acids is 1. The largest absolute Gasteiger partial charge is 0.451 e. The third-order valence-corrected chi connectivity index (χ3v) is 4.81. The molecular weight excluding hydrogens is 320 g/mol. The average molecular weight is 343 g/mol. The summed E-state index contributed by atoms with van der Waals surface area (Å²) < 4.78 is 5.34. The van der Waals surface area contributed by atoms with Crippen LogP contribution in [-0.4, -0.2) is 12.1 Å². The highest BCUT2D eigenvalue weighted by Crippen LogP contribution is 2.45. The van der Waals surface area contributed by atoms with Crippen molar-refractivity contribution in [3.63, 3.8) is 0 Å². The van der Waals surface area contributed by atoms with Gasteiger partial charge < -0.3 is 4.74 Å². The lowest BCUT2D eigenvalue weighted by atomic mass is 9.64. The van der Waals surface area contributed by atoms with Crippen LogP contribution in [0.25, 0.3) is 0 Å². The third kappa shape index (κ3) is 3.55. The number of ether oxygens (including phenoxy) is 1. The normalized spacial score (nSPS) is 11.8. The number of hydrogen-bond donors (Lipinski definition) is 0. The van der Waals surface area contributed by atoms with Crippen LogP contribution in [0.2, 0.25) is 0 Å². The Labute approximate surface area is 155 Å². The van der Waals surface area contributed by atoms with Crippen LogP contribution in [0.15, 0.2) is 91.0 Å². The Hall–Kier alpha value is -2.87. The topological polar surface area (TPSA) is 26.3 Å². The van der Waals surface area contributed by atoms with Gasteiger partial charge in [0.2, 0.25) is 0 Å². The molecule has 0 fully saturated rings. The molecule has 0 amide bonds. The molecule has 0 heterocycles. The molecule has 0 bridgehead atoms. The van der Waals surface area contributed by atoms with Gasteiger partial charge in [-0.05, 0) is 30.5 Å². The maximum Gasteiger partial charge on any atom is 0.418 e. The lowest BCUT2D eigenvalue weighted by molar-refractivity contribution is 0.0661. The summed E-state index contributed by atoms with van der Waals surface area (Å²) in [4.78, 5) is 11.0. The molecule has 0 aliphatic rings. The van der Waals surface area contributed by atoms with E-state index >= 15 is 0 Å². The van der Waals surface area contributed by atoms with Crippen molar-refractivity contribution in [1.29, 1.82) is 0 Å². The molecule has 26 heavy (non-hydrogen) atoms. The van der Waals surface area contributed by atoms with Gasteiger partial charge in [-0.1, -0.05) is 91.0 Å². The van der Waals surface area contributed by atoms with Gasteiger partial charge in [-0.2, -0.15) is 0 Å². The summed E-state index contributed by atoms with van der Waals surface area (Å²) in [5.41, 5.74) is 2.38. The molecule has 2 nitrogen and oxygen atoms in total. The lowest BCUT2D eigenvalue weighted by Gasteiger charge is -2.41. The van der Waals surface area contributed by atoms with E-state index in [1.807, 2.05) is 32.0 Å². The SMILES string of the molecule is CC(C)(CC(c1ccccc1)(c1ccccc1)c1ccccc1)O[C]=O. The Morgan fingerprint density at radius 1 is 0.692 bits per heavy atom. The van der Waals surface area contributed by atoms with E-state index in [9.17, 15) is 4.79 Å². The molecule has 0 atom stereocenters. The molecule has 2 heteroatoms. The second kappa shape index (κ2) is 7.57. The highest BCUT2D eigenvalue weighted by Gasteiger charge is 2.42. The van der Waals surface area contributed by atoms with Crippen molar-refractivity contribution in [2.24, 2.45) is 0 Å². The monoisotopic (exact) mass is 343 g/mol. The van der Waals surface area contributed by atoms with E-state index in [0.29, 0.717) is 6.42 Å². The minimum Gasteiger partial charge on any atom is -0.451 e.